The van der Waals surface area contributed by atoms with Crippen molar-refractivity contribution in [3.8, 4) is 0 Å². The van der Waals surface area contributed by atoms with Gasteiger partial charge in [0.1, 0.15) is 0 Å². The smallest absolute Gasteiger partial charge is 0.0618 e. The number of nitrogens with one attached hydrogen (secondary N) is 1. The Kier molecular flexibility index (Phi) is 5.93. The zero-order valence-electron chi connectivity index (χ0n) is 12.2. The number of hydrogen-bond donors (Lipinski definition) is 1. The SMILES string of the molecule is CCCCN1CCC(NC(COC)C2CC2)CC1. The summed E-state index contributed by atoms with van der Waals surface area (Å²) < 4.78 is 5.35. The molecule has 0 bridgehead atoms. The number of ether oxygens (including phenoxy) is 1. The van der Waals surface area contributed by atoms with E-state index in [1.807, 2.05) is 7.11 Å². The highest BCUT2D eigenvalue weighted by molar-refractivity contribution is 4.89. The number of unbranched alkanes of at least 4 members (excludes halogenated alkanes) is 1. The molecule has 3 heteroatoms. The minimum atomic E-state index is 0.613. The molecule has 1 N–H and O–H groups in total. The molecule has 1 saturated heterocycles. The van der Waals surface area contributed by atoms with E-state index < -0.39 is 0 Å². The Bertz CT molecular complexity index is 223. The third-order valence-corrected chi connectivity index (χ3v) is 4.40. The normalized spacial score (nSPS) is 24.3. The van der Waals surface area contributed by atoms with Gasteiger partial charge in [0.15, 0.2) is 0 Å². The topological polar surface area (TPSA) is 24.5 Å². The molecule has 1 saturated carbocycles. The van der Waals surface area contributed by atoms with Crippen LogP contribution < -0.4 is 5.32 Å². The first-order chi connectivity index (χ1) is 8.83. The lowest BCUT2D eigenvalue weighted by Crippen LogP contribution is -2.48. The van der Waals surface area contributed by atoms with Gasteiger partial charge in [0.2, 0.25) is 0 Å². The van der Waals surface area contributed by atoms with Crippen LogP contribution in [-0.2, 0) is 4.74 Å². The van der Waals surface area contributed by atoms with Gasteiger partial charge in [-0.05, 0) is 57.7 Å². The Labute approximate surface area is 112 Å². The second-order valence-electron chi connectivity index (χ2n) is 6.04. The van der Waals surface area contributed by atoms with E-state index in [0.717, 1.165) is 18.6 Å². The molecule has 1 unspecified atom stereocenters. The zero-order valence-corrected chi connectivity index (χ0v) is 12.2. The van der Waals surface area contributed by atoms with Crippen molar-refractivity contribution < 1.29 is 4.74 Å². The fourth-order valence-corrected chi connectivity index (χ4v) is 3.01. The molecule has 0 aromatic carbocycles. The quantitative estimate of drug-likeness (QED) is 0.719. The summed E-state index contributed by atoms with van der Waals surface area (Å²) in [5.74, 6) is 0.892. The summed E-state index contributed by atoms with van der Waals surface area (Å²) in [6.07, 6.45) is 8.10. The van der Waals surface area contributed by atoms with E-state index in [1.165, 1.54) is 58.2 Å². The summed E-state index contributed by atoms with van der Waals surface area (Å²) in [6.45, 7) is 7.03. The number of likely N-dealkylation sites (tertiary alicyclic amines) is 1. The molecule has 1 heterocycles. The van der Waals surface area contributed by atoms with E-state index in [0.29, 0.717) is 6.04 Å². The van der Waals surface area contributed by atoms with Gasteiger partial charge in [0, 0.05) is 19.2 Å². The molecule has 106 valence electrons. The second kappa shape index (κ2) is 7.46. The van der Waals surface area contributed by atoms with Crippen molar-refractivity contribution in [2.24, 2.45) is 5.92 Å². The number of piperidine rings is 1. The van der Waals surface area contributed by atoms with Crippen LogP contribution in [0.2, 0.25) is 0 Å². The Morgan fingerprint density at radius 3 is 2.50 bits per heavy atom. The van der Waals surface area contributed by atoms with Crippen LogP contribution in [-0.4, -0.2) is 50.3 Å². The summed E-state index contributed by atoms with van der Waals surface area (Å²) in [5, 5.41) is 3.84. The zero-order chi connectivity index (χ0) is 12.8. The molecule has 0 amide bonds. The van der Waals surface area contributed by atoms with E-state index in [4.69, 9.17) is 4.74 Å². The van der Waals surface area contributed by atoms with Crippen LogP contribution >= 0.6 is 0 Å². The maximum Gasteiger partial charge on any atom is 0.0618 e. The molecule has 18 heavy (non-hydrogen) atoms. The van der Waals surface area contributed by atoms with Crippen molar-refractivity contribution in [1.29, 1.82) is 0 Å². The summed E-state index contributed by atoms with van der Waals surface area (Å²) in [6, 6.07) is 1.34. The Morgan fingerprint density at radius 2 is 1.94 bits per heavy atom. The summed E-state index contributed by atoms with van der Waals surface area (Å²) in [7, 11) is 1.82. The van der Waals surface area contributed by atoms with Gasteiger partial charge in [-0.2, -0.15) is 0 Å². The third kappa shape index (κ3) is 4.52. The van der Waals surface area contributed by atoms with Crippen molar-refractivity contribution in [3.63, 3.8) is 0 Å². The molecule has 0 aromatic rings. The van der Waals surface area contributed by atoms with E-state index >= 15 is 0 Å². The fraction of sp³-hybridized carbons (Fsp3) is 1.00. The van der Waals surface area contributed by atoms with Gasteiger partial charge >= 0.3 is 0 Å². The highest BCUT2D eigenvalue weighted by Gasteiger charge is 2.33. The monoisotopic (exact) mass is 254 g/mol. The van der Waals surface area contributed by atoms with Gasteiger partial charge in [-0.3, -0.25) is 0 Å². The predicted octanol–water partition coefficient (Wildman–Crippen LogP) is 2.27. The van der Waals surface area contributed by atoms with Gasteiger partial charge < -0.3 is 15.0 Å². The van der Waals surface area contributed by atoms with Crippen LogP contribution in [0, 0.1) is 5.92 Å². The minimum Gasteiger partial charge on any atom is -0.383 e. The average molecular weight is 254 g/mol. The van der Waals surface area contributed by atoms with Crippen molar-refractivity contribution in [1.82, 2.24) is 10.2 Å². The van der Waals surface area contributed by atoms with Crippen LogP contribution in [0.1, 0.15) is 45.4 Å². The largest absolute Gasteiger partial charge is 0.383 e. The minimum absolute atomic E-state index is 0.613. The van der Waals surface area contributed by atoms with Gasteiger partial charge in [0.05, 0.1) is 6.61 Å². The average Bonchev–Trinajstić information content (AvgIpc) is 3.22. The number of rotatable bonds is 8. The molecule has 1 aliphatic carbocycles. The Balaban J connectivity index is 1.65. The first-order valence-electron chi connectivity index (χ1n) is 7.80. The summed E-state index contributed by atoms with van der Waals surface area (Å²) in [4.78, 5) is 2.63. The predicted molar refractivity (Wildman–Crippen MR) is 75.9 cm³/mol. The number of hydrogen-bond acceptors (Lipinski definition) is 3. The van der Waals surface area contributed by atoms with E-state index in [1.54, 1.807) is 0 Å². The van der Waals surface area contributed by atoms with Gasteiger partial charge in [-0.1, -0.05) is 13.3 Å². The van der Waals surface area contributed by atoms with Crippen molar-refractivity contribution in [2.75, 3.05) is 33.4 Å². The first-order valence-corrected chi connectivity index (χ1v) is 7.80. The molecular weight excluding hydrogens is 224 g/mol. The molecule has 1 atom stereocenters. The molecular formula is C15H30N2O. The standard InChI is InChI=1S/C15H30N2O/c1-3-4-9-17-10-7-14(8-11-17)16-15(12-18-2)13-5-6-13/h13-16H,3-12H2,1-2H3. The van der Waals surface area contributed by atoms with Crippen LogP contribution in [0.4, 0.5) is 0 Å². The number of methoxy groups -OCH3 is 1. The van der Waals surface area contributed by atoms with Gasteiger partial charge in [-0.15, -0.1) is 0 Å². The molecule has 2 fully saturated rings. The highest BCUT2D eigenvalue weighted by atomic mass is 16.5. The lowest BCUT2D eigenvalue weighted by Gasteiger charge is -2.34. The van der Waals surface area contributed by atoms with Gasteiger partial charge in [-0.25, -0.2) is 0 Å². The van der Waals surface area contributed by atoms with Gasteiger partial charge in [0.25, 0.3) is 0 Å². The number of nitrogens with zero attached hydrogens (tertiary/aromatic N) is 1. The van der Waals surface area contributed by atoms with E-state index in [-0.39, 0.29) is 0 Å². The lowest BCUT2D eigenvalue weighted by molar-refractivity contribution is 0.133. The molecule has 0 spiro atoms. The van der Waals surface area contributed by atoms with Crippen LogP contribution in [0.25, 0.3) is 0 Å². The third-order valence-electron chi connectivity index (χ3n) is 4.40. The van der Waals surface area contributed by atoms with E-state index in [9.17, 15) is 0 Å². The molecule has 2 rings (SSSR count). The molecule has 2 aliphatic rings. The summed E-state index contributed by atoms with van der Waals surface area (Å²) >= 11 is 0. The first kappa shape index (κ1) is 14.3. The Hall–Kier alpha value is -0.120. The molecule has 3 nitrogen and oxygen atoms in total. The van der Waals surface area contributed by atoms with Crippen LogP contribution in [0.3, 0.4) is 0 Å². The highest BCUT2D eigenvalue weighted by Crippen LogP contribution is 2.33. The summed E-state index contributed by atoms with van der Waals surface area (Å²) in [5.41, 5.74) is 0. The van der Waals surface area contributed by atoms with Crippen molar-refractivity contribution in [2.45, 2.75) is 57.5 Å². The van der Waals surface area contributed by atoms with Crippen LogP contribution in [0.15, 0.2) is 0 Å². The lowest BCUT2D eigenvalue weighted by atomic mass is 10.0. The molecule has 0 radical (unpaired) electrons. The Morgan fingerprint density at radius 1 is 1.22 bits per heavy atom. The molecule has 1 aliphatic heterocycles. The second-order valence-corrected chi connectivity index (χ2v) is 6.04. The van der Waals surface area contributed by atoms with Crippen molar-refractivity contribution >= 4 is 0 Å². The van der Waals surface area contributed by atoms with Crippen LogP contribution in [0.5, 0.6) is 0 Å². The molecule has 0 aromatic heterocycles. The fourth-order valence-electron chi connectivity index (χ4n) is 3.01. The van der Waals surface area contributed by atoms with Crippen molar-refractivity contribution in [3.05, 3.63) is 0 Å². The maximum absolute atomic E-state index is 5.35. The van der Waals surface area contributed by atoms with E-state index in [2.05, 4.69) is 17.1 Å². The maximum atomic E-state index is 5.35.